The van der Waals surface area contributed by atoms with Crippen LogP contribution < -0.4 is 10.6 Å². The number of rotatable bonds is 5. The molecule has 0 atom stereocenters. The van der Waals surface area contributed by atoms with Crippen LogP contribution in [0.25, 0.3) is 0 Å². The molecule has 114 valence electrons. The molecule has 0 saturated carbocycles. The summed E-state index contributed by atoms with van der Waals surface area (Å²) in [6.45, 7) is 3.47. The Morgan fingerprint density at radius 3 is 2.60 bits per heavy atom. The molecule has 0 bridgehead atoms. The molecule has 2 N–H and O–H groups in total. The standard InChI is InChI=1S/C13H20Cl2N4.HI/c1-4-5-6-7-17-13(16-2)18-9-10-8-11(14)12(15)19(10)3;/h4-5,8H,6-7,9H2,1-3H3,(H2,16,17,18);1H/b5-4+;. The van der Waals surface area contributed by atoms with Crippen LogP contribution in [0.5, 0.6) is 0 Å². The molecule has 0 spiro atoms. The van der Waals surface area contributed by atoms with Crippen LogP contribution in [-0.4, -0.2) is 24.1 Å². The average molecular weight is 431 g/mol. The van der Waals surface area contributed by atoms with Crippen LogP contribution in [0.1, 0.15) is 19.0 Å². The third-order valence-corrected chi connectivity index (χ3v) is 3.56. The van der Waals surface area contributed by atoms with Gasteiger partial charge in [0, 0.05) is 26.3 Å². The Kier molecular flexibility index (Phi) is 10.1. The highest BCUT2D eigenvalue weighted by Gasteiger charge is 2.08. The van der Waals surface area contributed by atoms with E-state index in [4.69, 9.17) is 23.2 Å². The Balaban J connectivity index is 0.00000361. The van der Waals surface area contributed by atoms with Crippen molar-refractivity contribution in [1.29, 1.82) is 0 Å². The summed E-state index contributed by atoms with van der Waals surface area (Å²) in [5.41, 5.74) is 1.01. The third kappa shape index (κ3) is 5.93. The molecule has 0 aromatic carbocycles. The minimum atomic E-state index is 0. The lowest BCUT2D eigenvalue weighted by atomic mass is 10.4. The van der Waals surface area contributed by atoms with Crippen molar-refractivity contribution in [2.75, 3.05) is 13.6 Å². The number of allylic oxidation sites excluding steroid dienone is 1. The second-order valence-corrected chi connectivity index (χ2v) is 4.81. The Morgan fingerprint density at radius 1 is 1.40 bits per heavy atom. The zero-order valence-corrected chi connectivity index (χ0v) is 15.8. The topological polar surface area (TPSA) is 41.4 Å². The van der Waals surface area contributed by atoms with E-state index < -0.39 is 0 Å². The fourth-order valence-corrected chi connectivity index (χ4v) is 2.01. The van der Waals surface area contributed by atoms with Gasteiger partial charge < -0.3 is 15.2 Å². The van der Waals surface area contributed by atoms with Crippen molar-refractivity contribution in [3.63, 3.8) is 0 Å². The molecule has 0 aliphatic carbocycles. The van der Waals surface area contributed by atoms with E-state index in [0.29, 0.717) is 16.7 Å². The van der Waals surface area contributed by atoms with Gasteiger partial charge in [-0.2, -0.15) is 0 Å². The van der Waals surface area contributed by atoms with E-state index in [-0.39, 0.29) is 24.0 Å². The Morgan fingerprint density at radius 2 is 2.10 bits per heavy atom. The lowest BCUT2D eigenvalue weighted by molar-refractivity contribution is 0.749. The number of nitrogens with one attached hydrogen (secondary N) is 2. The van der Waals surface area contributed by atoms with E-state index in [2.05, 4.69) is 21.7 Å². The van der Waals surface area contributed by atoms with Gasteiger partial charge in [-0.1, -0.05) is 35.4 Å². The maximum atomic E-state index is 6.02. The van der Waals surface area contributed by atoms with Gasteiger partial charge in [-0.3, -0.25) is 4.99 Å². The van der Waals surface area contributed by atoms with Crippen LogP contribution in [0.15, 0.2) is 23.2 Å². The molecule has 1 aromatic rings. The van der Waals surface area contributed by atoms with Crippen LogP contribution in [0.3, 0.4) is 0 Å². The minimum absolute atomic E-state index is 0. The fourth-order valence-electron chi connectivity index (χ4n) is 1.59. The maximum absolute atomic E-state index is 6.02. The Labute approximate surface area is 147 Å². The molecule has 0 unspecified atom stereocenters. The summed E-state index contributed by atoms with van der Waals surface area (Å²) in [6, 6.07) is 1.85. The number of halogens is 3. The van der Waals surface area contributed by atoms with Crippen LogP contribution >= 0.6 is 47.2 Å². The van der Waals surface area contributed by atoms with Gasteiger partial charge in [0.25, 0.3) is 0 Å². The third-order valence-electron chi connectivity index (χ3n) is 2.72. The molecule has 0 radical (unpaired) electrons. The van der Waals surface area contributed by atoms with Crippen molar-refractivity contribution in [3.05, 3.63) is 34.1 Å². The summed E-state index contributed by atoms with van der Waals surface area (Å²) in [7, 11) is 3.63. The second-order valence-electron chi connectivity index (χ2n) is 4.04. The highest BCUT2D eigenvalue weighted by atomic mass is 127. The summed E-state index contributed by atoms with van der Waals surface area (Å²) in [6.07, 6.45) is 5.11. The second kappa shape index (κ2) is 10.3. The highest BCUT2D eigenvalue weighted by molar-refractivity contribution is 14.0. The summed E-state index contributed by atoms with van der Waals surface area (Å²) in [4.78, 5) is 4.15. The van der Waals surface area contributed by atoms with Gasteiger partial charge in [-0.15, -0.1) is 24.0 Å². The number of hydrogen-bond acceptors (Lipinski definition) is 1. The molecule has 4 nitrogen and oxygen atoms in total. The molecule has 0 fully saturated rings. The van der Waals surface area contributed by atoms with Crippen LogP contribution in [0, 0.1) is 0 Å². The largest absolute Gasteiger partial charge is 0.356 e. The van der Waals surface area contributed by atoms with Gasteiger partial charge >= 0.3 is 0 Å². The number of guanidine groups is 1. The molecule has 1 rings (SSSR count). The average Bonchev–Trinajstić information content (AvgIpc) is 2.65. The van der Waals surface area contributed by atoms with Gasteiger partial charge in [0.1, 0.15) is 5.15 Å². The summed E-state index contributed by atoms with van der Waals surface area (Å²) >= 11 is 12.0. The van der Waals surface area contributed by atoms with Crippen molar-refractivity contribution in [3.8, 4) is 0 Å². The lowest BCUT2D eigenvalue weighted by Gasteiger charge is -2.11. The van der Waals surface area contributed by atoms with Crippen LogP contribution in [0.2, 0.25) is 10.2 Å². The zero-order chi connectivity index (χ0) is 14.3. The predicted molar refractivity (Wildman–Crippen MR) is 98.5 cm³/mol. The van der Waals surface area contributed by atoms with E-state index in [1.807, 2.05) is 30.7 Å². The van der Waals surface area contributed by atoms with Gasteiger partial charge in [0.05, 0.1) is 11.6 Å². The smallest absolute Gasteiger partial charge is 0.191 e. The first-order valence-corrected chi connectivity index (χ1v) is 6.91. The van der Waals surface area contributed by atoms with E-state index in [9.17, 15) is 0 Å². The Bertz CT molecular complexity index is 469. The number of aromatic nitrogens is 1. The van der Waals surface area contributed by atoms with Crippen molar-refractivity contribution < 1.29 is 0 Å². The van der Waals surface area contributed by atoms with Crippen molar-refractivity contribution in [2.24, 2.45) is 12.0 Å². The maximum Gasteiger partial charge on any atom is 0.191 e. The summed E-state index contributed by atoms with van der Waals surface area (Å²) in [5, 5.41) is 7.57. The highest BCUT2D eigenvalue weighted by Crippen LogP contribution is 2.24. The molecule has 0 aliphatic heterocycles. The first-order chi connectivity index (χ1) is 9.10. The lowest BCUT2D eigenvalue weighted by Crippen LogP contribution is -2.37. The number of nitrogens with zero attached hydrogens (tertiary/aromatic N) is 2. The molecule has 20 heavy (non-hydrogen) atoms. The van der Waals surface area contributed by atoms with E-state index in [1.54, 1.807) is 7.05 Å². The quantitative estimate of drug-likeness (QED) is 0.246. The molecule has 1 aromatic heterocycles. The number of hydrogen-bond donors (Lipinski definition) is 2. The van der Waals surface area contributed by atoms with Crippen molar-refractivity contribution in [1.82, 2.24) is 15.2 Å². The van der Waals surface area contributed by atoms with Crippen LogP contribution in [0.4, 0.5) is 0 Å². The van der Waals surface area contributed by atoms with E-state index in [0.717, 1.165) is 24.6 Å². The summed E-state index contributed by atoms with van der Waals surface area (Å²) in [5.74, 6) is 0.762. The first-order valence-electron chi connectivity index (χ1n) is 6.15. The first kappa shape index (κ1) is 19.6. The molecule has 0 amide bonds. The zero-order valence-electron chi connectivity index (χ0n) is 11.9. The van der Waals surface area contributed by atoms with Gasteiger partial charge in [-0.05, 0) is 19.4 Å². The van der Waals surface area contributed by atoms with Crippen molar-refractivity contribution in [2.45, 2.75) is 19.9 Å². The van der Waals surface area contributed by atoms with Gasteiger partial charge in [0.2, 0.25) is 0 Å². The SMILES string of the molecule is C/C=C/CCNC(=NC)NCc1cc(Cl)c(Cl)n1C.I. The number of aliphatic imine (C=N–C) groups is 1. The van der Waals surface area contributed by atoms with E-state index in [1.165, 1.54) is 0 Å². The fraction of sp³-hybridized carbons (Fsp3) is 0.462. The molecule has 0 saturated heterocycles. The van der Waals surface area contributed by atoms with E-state index >= 15 is 0 Å². The van der Waals surface area contributed by atoms with Crippen LogP contribution in [-0.2, 0) is 13.6 Å². The van der Waals surface area contributed by atoms with Gasteiger partial charge in [0.15, 0.2) is 5.96 Å². The molecular weight excluding hydrogens is 410 g/mol. The normalized spacial score (nSPS) is 11.6. The summed E-state index contributed by atoms with van der Waals surface area (Å²) < 4.78 is 1.85. The predicted octanol–water partition coefficient (Wildman–Crippen LogP) is 3.58. The minimum Gasteiger partial charge on any atom is -0.356 e. The monoisotopic (exact) mass is 430 g/mol. The molecule has 7 heteroatoms. The van der Waals surface area contributed by atoms with Crippen molar-refractivity contribution >= 4 is 53.1 Å². The molecule has 0 aliphatic rings. The molecule has 1 heterocycles. The van der Waals surface area contributed by atoms with Gasteiger partial charge in [-0.25, -0.2) is 0 Å². The molecular formula is C13H21Cl2IN4. The Hall–Kier alpha value is -0.400.